The quantitative estimate of drug-likeness (QED) is 0.271. The number of benzene rings is 1. The normalized spacial score (nSPS) is 19.8. The Morgan fingerprint density at radius 1 is 1.12 bits per heavy atom. The number of carbonyl (C=O) groups excluding carboxylic acids is 1. The van der Waals surface area contributed by atoms with Crippen LogP contribution in [0.3, 0.4) is 0 Å². The Morgan fingerprint density at radius 2 is 1.80 bits per heavy atom. The third kappa shape index (κ3) is 8.43. The molecule has 3 aromatic rings. The summed E-state index contributed by atoms with van der Waals surface area (Å²) in [6.45, 7) is 8.26. The Morgan fingerprint density at radius 3 is 2.37 bits per heavy atom. The van der Waals surface area contributed by atoms with E-state index in [1.165, 1.54) is 40.0 Å². The van der Waals surface area contributed by atoms with Crippen LogP contribution in [0.25, 0.3) is 5.69 Å². The molecule has 2 fully saturated rings. The van der Waals surface area contributed by atoms with Gasteiger partial charge in [0.25, 0.3) is 0 Å². The molecule has 1 aromatic carbocycles. The predicted octanol–water partition coefficient (Wildman–Crippen LogP) is 5.89. The van der Waals surface area contributed by atoms with Crippen molar-refractivity contribution >= 4 is 35.4 Å². The molecule has 2 atom stereocenters. The molecule has 2 aliphatic heterocycles. The van der Waals surface area contributed by atoms with Crippen LogP contribution in [0.1, 0.15) is 63.8 Å². The molecule has 2 aliphatic rings. The number of halogens is 4. The first-order valence-corrected chi connectivity index (χ1v) is 16.9. The Balaban J connectivity index is 1.40. The van der Waals surface area contributed by atoms with Crippen LogP contribution in [0, 0.1) is 12.3 Å². The number of carboxylic acids is 1. The third-order valence-electron chi connectivity index (χ3n) is 9.30. The average Bonchev–Trinajstić information content (AvgIpc) is 3.60. The van der Waals surface area contributed by atoms with Gasteiger partial charge >= 0.3 is 18.2 Å². The van der Waals surface area contributed by atoms with E-state index in [-0.39, 0.29) is 53.3 Å². The topological polar surface area (TPSA) is 152 Å². The van der Waals surface area contributed by atoms with Crippen LogP contribution in [0.4, 0.5) is 29.7 Å². The highest BCUT2D eigenvalue weighted by Gasteiger charge is 2.60. The number of likely N-dealkylation sites (tertiary alicyclic amines) is 1. The van der Waals surface area contributed by atoms with Gasteiger partial charge in [0.05, 0.1) is 11.4 Å². The molecule has 2 saturated heterocycles. The van der Waals surface area contributed by atoms with Gasteiger partial charge in [0.2, 0.25) is 17.9 Å². The summed E-state index contributed by atoms with van der Waals surface area (Å²) in [6.07, 6.45) is -5.08. The minimum Gasteiger partial charge on any atom is -0.479 e. The summed E-state index contributed by atoms with van der Waals surface area (Å²) in [5.74, 6) is -1.51. The molecule has 0 saturated carbocycles. The zero-order chi connectivity index (χ0) is 37.5. The fourth-order valence-electron chi connectivity index (χ4n) is 6.86. The van der Waals surface area contributed by atoms with Crippen LogP contribution in [0.5, 0.6) is 5.88 Å². The lowest BCUT2D eigenvalue weighted by atomic mass is 9.73. The van der Waals surface area contributed by atoms with E-state index < -0.39 is 40.9 Å². The van der Waals surface area contributed by atoms with E-state index in [9.17, 15) is 27.9 Å². The first kappa shape index (κ1) is 37.9. The molecule has 5 rings (SSSR count). The number of carboxylic acid groups (broad SMARTS) is 1. The average molecular weight is 737 g/mol. The molecule has 4 heterocycles. The number of piperidine rings is 1. The van der Waals surface area contributed by atoms with E-state index in [2.05, 4.69) is 15.1 Å². The van der Waals surface area contributed by atoms with Gasteiger partial charge in [-0.25, -0.2) is 14.3 Å². The first-order chi connectivity index (χ1) is 23.7. The molecule has 0 radical (unpaired) electrons. The highest BCUT2D eigenvalue weighted by molar-refractivity contribution is 6.30. The number of hydrogen-bond acceptors (Lipinski definition) is 10. The highest BCUT2D eigenvalue weighted by atomic mass is 35.5. The Bertz CT molecular complexity index is 1760. The summed E-state index contributed by atoms with van der Waals surface area (Å²) in [5.41, 5.74) is 3.60. The number of amides is 1. The fraction of sp³-hybridized carbons (Fsp3) is 0.559. The molecule has 17 heteroatoms. The van der Waals surface area contributed by atoms with Crippen molar-refractivity contribution in [3.63, 3.8) is 0 Å². The number of nitrogen functional groups attached to an aromatic ring is 1. The number of anilines is 2. The molecular weight excluding hydrogens is 693 g/mol. The molecule has 1 amide bonds. The molecule has 13 nitrogen and oxygen atoms in total. The fourth-order valence-corrected chi connectivity index (χ4v) is 7.02. The minimum atomic E-state index is -4.87. The Labute approximate surface area is 299 Å². The van der Waals surface area contributed by atoms with Crippen LogP contribution in [-0.4, -0.2) is 104 Å². The molecule has 51 heavy (non-hydrogen) atoms. The number of nitrogens with zero attached hydrogens (tertiary/aromatic N) is 7. The van der Waals surface area contributed by atoms with Crippen molar-refractivity contribution in [2.45, 2.75) is 76.8 Å². The van der Waals surface area contributed by atoms with E-state index in [0.29, 0.717) is 38.2 Å². The second-order valence-electron chi connectivity index (χ2n) is 14.7. The minimum absolute atomic E-state index is 0.0847. The van der Waals surface area contributed by atoms with Gasteiger partial charge in [-0.1, -0.05) is 17.7 Å². The number of alkyl halides is 3. The summed E-state index contributed by atoms with van der Waals surface area (Å²) in [6, 6.07) is 6.91. The smallest absolute Gasteiger partial charge is 0.429 e. The van der Waals surface area contributed by atoms with Crippen molar-refractivity contribution in [2.24, 2.45) is 5.41 Å². The number of nitrogens with two attached hydrogens (primary N) is 1. The molecule has 2 aromatic heterocycles. The van der Waals surface area contributed by atoms with Crippen molar-refractivity contribution in [3.05, 3.63) is 52.8 Å². The van der Waals surface area contributed by atoms with Gasteiger partial charge in [0.15, 0.2) is 0 Å². The van der Waals surface area contributed by atoms with Gasteiger partial charge < -0.3 is 30.1 Å². The van der Waals surface area contributed by atoms with Gasteiger partial charge in [-0.2, -0.15) is 28.2 Å². The van der Waals surface area contributed by atoms with Gasteiger partial charge in [-0.15, -0.1) is 0 Å². The number of hydrogen-bond donors (Lipinski definition) is 2. The van der Waals surface area contributed by atoms with E-state index in [0.717, 1.165) is 0 Å². The van der Waals surface area contributed by atoms with Crippen molar-refractivity contribution in [1.29, 1.82) is 0 Å². The zero-order valence-electron chi connectivity index (χ0n) is 29.5. The maximum absolute atomic E-state index is 14.7. The first-order valence-electron chi connectivity index (χ1n) is 16.5. The third-order valence-corrected chi connectivity index (χ3v) is 9.53. The number of carbonyl (C=O) groups is 2. The summed E-state index contributed by atoms with van der Waals surface area (Å²) in [7, 11) is 3.68. The second-order valence-corrected chi connectivity index (χ2v) is 15.1. The van der Waals surface area contributed by atoms with E-state index in [4.69, 9.17) is 26.8 Å². The highest BCUT2D eigenvalue weighted by Crippen LogP contribution is 2.51. The largest absolute Gasteiger partial charge is 0.479 e. The van der Waals surface area contributed by atoms with Crippen molar-refractivity contribution < 1.29 is 37.3 Å². The molecular formula is C34H44ClF3N8O5. The summed E-state index contributed by atoms with van der Waals surface area (Å²) >= 11 is 6.17. The summed E-state index contributed by atoms with van der Waals surface area (Å²) in [5, 5.41) is 15.1. The van der Waals surface area contributed by atoms with Crippen LogP contribution in [-0.2, 0) is 9.53 Å². The monoisotopic (exact) mass is 736 g/mol. The number of ether oxygens (including phenoxy) is 2. The maximum Gasteiger partial charge on any atom is 0.429 e. The molecule has 0 aliphatic carbocycles. The lowest BCUT2D eigenvalue weighted by Crippen LogP contribution is -2.55. The van der Waals surface area contributed by atoms with Gasteiger partial charge in [0, 0.05) is 49.0 Å². The van der Waals surface area contributed by atoms with Crippen molar-refractivity contribution in [2.75, 3.05) is 50.9 Å². The van der Waals surface area contributed by atoms with Crippen LogP contribution in [0.2, 0.25) is 5.02 Å². The van der Waals surface area contributed by atoms with E-state index in [1.54, 1.807) is 33.8 Å². The van der Waals surface area contributed by atoms with Gasteiger partial charge in [-0.3, -0.25) is 4.90 Å². The summed E-state index contributed by atoms with van der Waals surface area (Å²) in [4.78, 5) is 39.8. The predicted molar refractivity (Wildman–Crippen MR) is 184 cm³/mol. The Kier molecular flexibility index (Phi) is 10.4. The second kappa shape index (κ2) is 14.0. The molecule has 3 N–H and O–H groups in total. The molecule has 0 bridgehead atoms. The number of aliphatic carboxylic acids is 1. The lowest BCUT2D eigenvalue weighted by molar-refractivity contribution is -0.198. The van der Waals surface area contributed by atoms with E-state index >= 15 is 0 Å². The van der Waals surface area contributed by atoms with Crippen LogP contribution >= 0.6 is 11.6 Å². The molecule has 0 unspecified atom stereocenters. The van der Waals surface area contributed by atoms with Gasteiger partial charge in [-0.05, 0) is 91.1 Å². The van der Waals surface area contributed by atoms with Crippen molar-refractivity contribution in [1.82, 2.24) is 29.5 Å². The number of aromatic nitrogens is 4. The zero-order valence-corrected chi connectivity index (χ0v) is 30.3. The molecule has 278 valence electrons. The Hall–Kier alpha value is -4.31. The standard InChI is InChI=1S/C34H44ClF3N8O5/c1-21-9-13-46(42-21)24-17-22(35)7-8-23(24)27(34(36,37)38)50-26-18-25(40-29(39)41-26)44-15-10-32(11-16-44)19-33(28(47)48,12-14-43(5)6)45(20-32)30(49)51-31(2,3)4/h7-9,13,17-18,27H,10-12,14-16,19-20H2,1-6H3,(H,47,48)(H2,39,40,41)/t27-,33-/m1/s1. The molecule has 1 spiro atoms. The van der Waals surface area contributed by atoms with Gasteiger partial charge in [0.1, 0.15) is 17.0 Å². The summed E-state index contributed by atoms with van der Waals surface area (Å²) < 4.78 is 56.5. The van der Waals surface area contributed by atoms with Crippen LogP contribution < -0.4 is 15.4 Å². The van der Waals surface area contributed by atoms with E-state index in [1.807, 2.05) is 23.9 Å². The lowest BCUT2D eigenvalue weighted by Gasteiger charge is -2.40. The van der Waals surface area contributed by atoms with Crippen LogP contribution in [0.15, 0.2) is 36.5 Å². The van der Waals surface area contributed by atoms with Crippen molar-refractivity contribution in [3.8, 4) is 11.6 Å². The number of aryl methyl sites for hydroxylation is 1. The maximum atomic E-state index is 14.7. The number of rotatable bonds is 9. The SMILES string of the molecule is Cc1ccn(-c2cc(Cl)ccc2[C@@H](Oc2cc(N3CCC4(CC3)CN(C(=O)OC(C)(C)C)[C@@](CCN(C)C)(C(=O)O)C4)nc(N)n2)C(F)(F)F)n1.